The van der Waals surface area contributed by atoms with Crippen molar-refractivity contribution in [2.24, 2.45) is 0 Å². The molecule has 0 spiro atoms. The average Bonchev–Trinajstić information content (AvgIpc) is 2.84. The summed E-state index contributed by atoms with van der Waals surface area (Å²) < 4.78 is 42.9. The SMILES string of the molecule is Cc1ccc(/C=C\C(=O)NS(=O)(=O)c2ccc3c(c2)OCCCO3)o1. The van der Waals surface area contributed by atoms with Crippen LogP contribution in [0.5, 0.6) is 11.5 Å². The number of sulfonamides is 1. The Labute approximate surface area is 145 Å². The largest absolute Gasteiger partial charge is 0.490 e. The van der Waals surface area contributed by atoms with Gasteiger partial charge < -0.3 is 13.9 Å². The topological polar surface area (TPSA) is 94.8 Å². The highest BCUT2D eigenvalue weighted by molar-refractivity contribution is 7.90. The van der Waals surface area contributed by atoms with E-state index in [4.69, 9.17) is 13.9 Å². The number of carbonyl (C=O) groups excluding carboxylic acids is 1. The molecule has 0 aliphatic carbocycles. The van der Waals surface area contributed by atoms with Gasteiger partial charge in [0.2, 0.25) is 0 Å². The summed E-state index contributed by atoms with van der Waals surface area (Å²) in [6.07, 6.45) is 3.20. The molecule has 1 aromatic heterocycles. The lowest BCUT2D eigenvalue weighted by atomic mass is 10.3. The van der Waals surface area contributed by atoms with Gasteiger partial charge in [0.25, 0.3) is 15.9 Å². The summed E-state index contributed by atoms with van der Waals surface area (Å²) in [5, 5.41) is 0. The van der Waals surface area contributed by atoms with Crippen molar-refractivity contribution in [2.75, 3.05) is 13.2 Å². The number of furan rings is 1. The van der Waals surface area contributed by atoms with Gasteiger partial charge in [-0.25, -0.2) is 13.1 Å². The molecule has 7 nitrogen and oxygen atoms in total. The zero-order valence-electron chi connectivity index (χ0n) is 13.5. The normalized spacial score (nSPS) is 14.3. The summed E-state index contributed by atoms with van der Waals surface area (Å²) in [6, 6.07) is 7.64. The van der Waals surface area contributed by atoms with Crippen LogP contribution in [0.25, 0.3) is 6.08 Å². The van der Waals surface area contributed by atoms with E-state index in [1.54, 1.807) is 19.1 Å². The third-order valence-corrected chi connectivity index (χ3v) is 4.77. The minimum absolute atomic E-state index is 0.0765. The molecule has 8 heteroatoms. The minimum atomic E-state index is -4.02. The second kappa shape index (κ2) is 7.02. The lowest BCUT2D eigenvalue weighted by Crippen LogP contribution is -2.29. The number of carbonyl (C=O) groups is 1. The maximum atomic E-state index is 12.3. The molecule has 1 aliphatic heterocycles. The van der Waals surface area contributed by atoms with Gasteiger partial charge >= 0.3 is 0 Å². The van der Waals surface area contributed by atoms with Crippen LogP contribution in [-0.2, 0) is 14.8 Å². The summed E-state index contributed by atoms with van der Waals surface area (Å²) in [6.45, 7) is 2.72. The van der Waals surface area contributed by atoms with Gasteiger partial charge in [-0.05, 0) is 37.3 Å². The van der Waals surface area contributed by atoms with Crippen molar-refractivity contribution in [1.82, 2.24) is 4.72 Å². The number of ether oxygens (including phenoxy) is 2. The van der Waals surface area contributed by atoms with Gasteiger partial charge in [0.1, 0.15) is 11.5 Å². The van der Waals surface area contributed by atoms with E-state index in [0.717, 1.165) is 6.08 Å². The molecular weight excluding hydrogens is 346 g/mol. The molecule has 0 saturated heterocycles. The smallest absolute Gasteiger partial charge is 0.264 e. The third kappa shape index (κ3) is 4.21. The van der Waals surface area contributed by atoms with E-state index in [-0.39, 0.29) is 4.90 Å². The molecule has 3 rings (SSSR count). The third-order valence-electron chi connectivity index (χ3n) is 3.42. The number of hydrogen-bond donors (Lipinski definition) is 1. The van der Waals surface area contributed by atoms with E-state index in [1.807, 2.05) is 4.72 Å². The van der Waals surface area contributed by atoms with E-state index >= 15 is 0 Å². The summed E-state index contributed by atoms with van der Waals surface area (Å²) in [5.74, 6) is 1.20. The molecule has 0 bridgehead atoms. The lowest BCUT2D eigenvalue weighted by Gasteiger charge is -2.10. The van der Waals surface area contributed by atoms with Gasteiger partial charge in [-0.2, -0.15) is 0 Å². The second-order valence-electron chi connectivity index (χ2n) is 5.41. The second-order valence-corrected chi connectivity index (χ2v) is 7.09. The van der Waals surface area contributed by atoms with Crippen LogP contribution in [0.2, 0.25) is 0 Å². The minimum Gasteiger partial charge on any atom is -0.490 e. The fourth-order valence-electron chi connectivity index (χ4n) is 2.24. The Morgan fingerprint density at radius 1 is 1.12 bits per heavy atom. The maximum Gasteiger partial charge on any atom is 0.264 e. The van der Waals surface area contributed by atoms with E-state index in [9.17, 15) is 13.2 Å². The first-order valence-corrected chi connectivity index (χ1v) is 9.13. The Morgan fingerprint density at radius 2 is 1.88 bits per heavy atom. The van der Waals surface area contributed by atoms with Crippen LogP contribution in [0.4, 0.5) is 0 Å². The van der Waals surface area contributed by atoms with Gasteiger partial charge in [0.15, 0.2) is 11.5 Å². The van der Waals surface area contributed by atoms with Crippen LogP contribution in [0.15, 0.2) is 45.7 Å². The van der Waals surface area contributed by atoms with Crippen molar-refractivity contribution < 1.29 is 27.1 Å². The summed E-state index contributed by atoms with van der Waals surface area (Å²) in [4.78, 5) is 11.8. The Bertz CT molecular complexity index is 913. The standard InChI is InChI=1S/C17H17NO6S/c1-12-3-4-13(24-12)5-8-17(19)18-25(20,21)14-6-7-15-16(11-14)23-10-2-9-22-15/h3-8,11H,2,9-10H2,1H3,(H,18,19)/b8-5-. The molecule has 2 heterocycles. The van der Waals surface area contributed by atoms with Crippen molar-refractivity contribution in [1.29, 1.82) is 0 Å². The predicted octanol–water partition coefficient (Wildman–Crippen LogP) is 2.27. The van der Waals surface area contributed by atoms with Crippen LogP contribution in [0, 0.1) is 6.92 Å². The quantitative estimate of drug-likeness (QED) is 0.838. The Hall–Kier alpha value is -2.74. The van der Waals surface area contributed by atoms with Crippen molar-refractivity contribution in [3.05, 3.63) is 47.9 Å². The number of rotatable bonds is 4. The first-order valence-electron chi connectivity index (χ1n) is 7.65. The van der Waals surface area contributed by atoms with Gasteiger partial charge in [-0.1, -0.05) is 0 Å². The molecule has 1 aromatic carbocycles. The van der Waals surface area contributed by atoms with E-state index in [1.165, 1.54) is 24.3 Å². The van der Waals surface area contributed by atoms with Gasteiger partial charge in [-0.3, -0.25) is 4.79 Å². The molecule has 1 N–H and O–H groups in total. The lowest BCUT2D eigenvalue weighted by molar-refractivity contribution is -0.114. The maximum absolute atomic E-state index is 12.3. The van der Waals surface area contributed by atoms with Crippen LogP contribution < -0.4 is 14.2 Å². The highest BCUT2D eigenvalue weighted by atomic mass is 32.2. The monoisotopic (exact) mass is 363 g/mol. The zero-order valence-corrected chi connectivity index (χ0v) is 14.3. The molecule has 1 amide bonds. The zero-order chi connectivity index (χ0) is 17.9. The Balaban J connectivity index is 1.74. The molecule has 0 saturated carbocycles. The van der Waals surface area contributed by atoms with E-state index in [2.05, 4.69) is 0 Å². The highest BCUT2D eigenvalue weighted by Crippen LogP contribution is 2.31. The van der Waals surface area contributed by atoms with Crippen molar-refractivity contribution >= 4 is 22.0 Å². The van der Waals surface area contributed by atoms with Crippen LogP contribution >= 0.6 is 0 Å². The summed E-state index contributed by atoms with van der Waals surface area (Å²) in [7, 11) is -4.02. The molecule has 0 radical (unpaired) electrons. The fraction of sp³-hybridized carbons (Fsp3) is 0.235. The Morgan fingerprint density at radius 3 is 2.60 bits per heavy atom. The number of fused-ring (bicyclic) bond motifs is 1. The van der Waals surface area contributed by atoms with Crippen LogP contribution in [0.3, 0.4) is 0 Å². The average molecular weight is 363 g/mol. The van der Waals surface area contributed by atoms with Crippen LogP contribution in [-0.4, -0.2) is 27.5 Å². The molecule has 132 valence electrons. The van der Waals surface area contributed by atoms with Crippen LogP contribution in [0.1, 0.15) is 17.9 Å². The highest BCUT2D eigenvalue weighted by Gasteiger charge is 2.20. The molecule has 0 fully saturated rings. The first kappa shape index (κ1) is 17.1. The summed E-state index contributed by atoms with van der Waals surface area (Å²) >= 11 is 0. The molecule has 25 heavy (non-hydrogen) atoms. The van der Waals surface area contributed by atoms with E-state index in [0.29, 0.717) is 42.7 Å². The van der Waals surface area contributed by atoms with Crippen molar-refractivity contribution in [3.8, 4) is 11.5 Å². The molecule has 0 atom stereocenters. The molecule has 1 aliphatic rings. The first-order chi connectivity index (χ1) is 11.9. The number of aryl methyl sites for hydroxylation is 1. The number of benzene rings is 1. The number of hydrogen-bond acceptors (Lipinski definition) is 6. The molecule has 2 aromatic rings. The van der Waals surface area contributed by atoms with Crippen molar-refractivity contribution in [3.63, 3.8) is 0 Å². The number of nitrogens with one attached hydrogen (secondary N) is 1. The van der Waals surface area contributed by atoms with Gasteiger partial charge in [0.05, 0.1) is 18.1 Å². The summed E-state index contributed by atoms with van der Waals surface area (Å²) in [5.41, 5.74) is 0. The van der Waals surface area contributed by atoms with Gasteiger partial charge in [0, 0.05) is 18.6 Å². The molecular formula is C17H17NO6S. The van der Waals surface area contributed by atoms with E-state index < -0.39 is 15.9 Å². The molecule has 0 unspecified atom stereocenters. The number of amides is 1. The Kier molecular flexibility index (Phi) is 4.80. The van der Waals surface area contributed by atoms with Crippen molar-refractivity contribution in [2.45, 2.75) is 18.2 Å². The van der Waals surface area contributed by atoms with Gasteiger partial charge in [-0.15, -0.1) is 0 Å². The fourth-order valence-corrected chi connectivity index (χ4v) is 3.20. The predicted molar refractivity (Wildman–Crippen MR) is 89.9 cm³/mol.